The molecule has 2 N–H and O–H groups in total. The maximum absolute atomic E-state index is 5.66. The van der Waals surface area contributed by atoms with Crippen LogP contribution in [0.5, 0.6) is 11.5 Å². The molecular weight excluding hydrogens is 493 g/mol. The number of halogens is 1. The lowest BCUT2D eigenvalue weighted by atomic mass is 9.74. The van der Waals surface area contributed by atoms with Crippen molar-refractivity contribution in [3.63, 3.8) is 0 Å². The van der Waals surface area contributed by atoms with Crippen molar-refractivity contribution < 1.29 is 14.2 Å². The zero-order valence-electron chi connectivity index (χ0n) is 17.6. The fourth-order valence-electron chi connectivity index (χ4n) is 4.04. The van der Waals surface area contributed by atoms with Crippen molar-refractivity contribution in [2.45, 2.75) is 31.7 Å². The third-order valence-corrected chi connectivity index (χ3v) is 5.80. The summed E-state index contributed by atoms with van der Waals surface area (Å²) in [7, 11) is 1.81. The van der Waals surface area contributed by atoms with Crippen LogP contribution in [0.1, 0.15) is 29.5 Å². The Bertz CT molecular complexity index is 882. The van der Waals surface area contributed by atoms with E-state index in [1.165, 1.54) is 16.7 Å². The van der Waals surface area contributed by atoms with Gasteiger partial charge in [-0.3, -0.25) is 4.99 Å². The minimum atomic E-state index is -0.0276. The van der Waals surface area contributed by atoms with E-state index in [4.69, 9.17) is 14.2 Å². The molecule has 2 aromatic carbocycles. The van der Waals surface area contributed by atoms with Crippen LogP contribution in [0.2, 0.25) is 0 Å². The Morgan fingerprint density at radius 3 is 2.60 bits per heavy atom. The van der Waals surface area contributed by atoms with Gasteiger partial charge in [0.1, 0.15) is 0 Å². The highest BCUT2D eigenvalue weighted by Crippen LogP contribution is 2.40. The summed E-state index contributed by atoms with van der Waals surface area (Å²) in [5, 5.41) is 6.97. The normalized spacial score (nSPS) is 17.2. The Hall–Kier alpha value is -2.00. The molecule has 2 aliphatic rings. The number of nitrogens with zero attached hydrogens (tertiary/aromatic N) is 1. The van der Waals surface area contributed by atoms with Gasteiger partial charge in [-0.05, 0) is 43.0 Å². The molecule has 0 aromatic heterocycles. The summed E-state index contributed by atoms with van der Waals surface area (Å²) in [5.41, 5.74) is 3.73. The molecule has 1 saturated heterocycles. The van der Waals surface area contributed by atoms with E-state index in [0.29, 0.717) is 6.79 Å². The number of benzene rings is 2. The maximum atomic E-state index is 5.66. The highest BCUT2D eigenvalue weighted by atomic mass is 127. The summed E-state index contributed by atoms with van der Waals surface area (Å²) in [6, 6.07) is 14.8. The molecule has 162 valence electrons. The van der Waals surface area contributed by atoms with Crippen LogP contribution in [-0.2, 0) is 16.7 Å². The first-order valence-electron chi connectivity index (χ1n) is 10.2. The third kappa shape index (κ3) is 5.18. The number of guanidine groups is 1. The van der Waals surface area contributed by atoms with Gasteiger partial charge in [-0.15, -0.1) is 24.0 Å². The fourth-order valence-corrected chi connectivity index (χ4v) is 4.04. The molecule has 0 amide bonds. The molecule has 0 radical (unpaired) electrons. The molecule has 2 heterocycles. The zero-order chi connectivity index (χ0) is 20.1. The monoisotopic (exact) mass is 523 g/mol. The lowest BCUT2D eigenvalue weighted by molar-refractivity contribution is 0.0513. The molecule has 2 aliphatic heterocycles. The van der Waals surface area contributed by atoms with Gasteiger partial charge in [-0.2, -0.15) is 0 Å². The van der Waals surface area contributed by atoms with E-state index < -0.39 is 0 Å². The Balaban J connectivity index is 0.00000256. The van der Waals surface area contributed by atoms with Crippen LogP contribution in [-0.4, -0.2) is 39.6 Å². The lowest BCUT2D eigenvalue weighted by Gasteiger charge is -2.38. The second kappa shape index (κ2) is 10.3. The Morgan fingerprint density at radius 1 is 1.03 bits per heavy atom. The first-order valence-corrected chi connectivity index (χ1v) is 10.2. The summed E-state index contributed by atoms with van der Waals surface area (Å²) in [6.07, 6.45) is 1.91. The molecule has 0 bridgehead atoms. The molecule has 1 fully saturated rings. The molecule has 6 nitrogen and oxygen atoms in total. The predicted molar refractivity (Wildman–Crippen MR) is 129 cm³/mol. The van der Waals surface area contributed by atoms with Gasteiger partial charge in [0, 0.05) is 38.8 Å². The van der Waals surface area contributed by atoms with Crippen molar-refractivity contribution in [1.29, 1.82) is 0 Å². The SMILES string of the molecule is CN=C(NCc1cccc(C)c1)NCC1(c2ccc3c(c2)OCO3)CCOCC1.I. The standard InChI is InChI=1S/C23H29N3O3.HI/c1-17-4-3-5-18(12-17)14-25-22(24-2)26-15-23(8-10-27-11-9-23)19-6-7-20-21(13-19)29-16-28-20;/h3-7,12-13H,8-11,14-16H2,1-2H3,(H2,24,25,26);1H. The van der Waals surface area contributed by atoms with Crippen LogP contribution >= 0.6 is 24.0 Å². The van der Waals surface area contributed by atoms with Gasteiger partial charge in [-0.25, -0.2) is 0 Å². The first-order chi connectivity index (χ1) is 14.2. The lowest BCUT2D eigenvalue weighted by Crippen LogP contribution is -2.47. The van der Waals surface area contributed by atoms with Crippen LogP contribution in [0.15, 0.2) is 47.5 Å². The summed E-state index contributed by atoms with van der Waals surface area (Å²) in [4.78, 5) is 4.41. The van der Waals surface area contributed by atoms with Gasteiger partial charge in [0.05, 0.1) is 0 Å². The minimum Gasteiger partial charge on any atom is -0.454 e. The van der Waals surface area contributed by atoms with Gasteiger partial charge in [-0.1, -0.05) is 35.9 Å². The molecule has 0 aliphatic carbocycles. The van der Waals surface area contributed by atoms with E-state index in [1.807, 2.05) is 13.1 Å². The summed E-state index contributed by atoms with van der Waals surface area (Å²) >= 11 is 0. The van der Waals surface area contributed by atoms with Crippen molar-refractivity contribution in [2.75, 3.05) is 33.6 Å². The average molecular weight is 523 g/mol. The van der Waals surface area contributed by atoms with E-state index in [1.54, 1.807) is 0 Å². The largest absolute Gasteiger partial charge is 0.454 e. The van der Waals surface area contributed by atoms with Gasteiger partial charge in [0.2, 0.25) is 6.79 Å². The number of fused-ring (bicyclic) bond motifs is 1. The van der Waals surface area contributed by atoms with Crippen molar-refractivity contribution >= 4 is 29.9 Å². The van der Waals surface area contributed by atoms with Crippen LogP contribution in [0, 0.1) is 6.92 Å². The van der Waals surface area contributed by atoms with Crippen molar-refractivity contribution in [3.8, 4) is 11.5 Å². The molecule has 30 heavy (non-hydrogen) atoms. The van der Waals surface area contributed by atoms with Gasteiger partial charge in [0.25, 0.3) is 0 Å². The van der Waals surface area contributed by atoms with E-state index in [2.05, 4.69) is 58.9 Å². The van der Waals surface area contributed by atoms with Crippen molar-refractivity contribution in [1.82, 2.24) is 10.6 Å². The molecule has 0 saturated carbocycles. The molecule has 2 aromatic rings. The topological polar surface area (TPSA) is 64.1 Å². The maximum Gasteiger partial charge on any atom is 0.231 e. The van der Waals surface area contributed by atoms with Crippen LogP contribution in [0.4, 0.5) is 0 Å². The Kier molecular flexibility index (Phi) is 7.82. The predicted octanol–water partition coefficient (Wildman–Crippen LogP) is 3.76. The summed E-state index contributed by atoms with van der Waals surface area (Å²) in [5.74, 6) is 2.45. The third-order valence-electron chi connectivity index (χ3n) is 5.80. The van der Waals surface area contributed by atoms with Gasteiger partial charge >= 0.3 is 0 Å². The quantitative estimate of drug-likeness (QED) is 0.355. The van der Waals surface area contributed by atoms with Crippen molar-refractivity contribution in [2.24, 2.45) is 4.99 Å². The van der Waals surface area contributed by atoms with Crippen LogP contribution in [0.3, 0.4) is 0 Å². The second-order valence-electron chi connectivity index (χ2n) is 7.73. The average Bonchev–Trinajstić information content (AvgIpc) is 3.22. The number of nitrogens with one attached hydrogen (secondary N) is 2. The molecule has 0 spiro atoms. The number of rotatable bonds is 5. The Morgan fingerprint density at radius 2 is 1.83 bits per heavy atom. The van der Waals surface area contributed by atoms with Gasteiger partial charge < -0.3 is 24.8 Å². The molecule has 0 unspecified atom stereocenters. The fraction of sp³-hybridized carbons (Fsp3) is 0.435. The molecular formula is C23H30IN3O3. The van der Waals surface area contributed by atoms with Crippen LogP contribution < -0.4 is 20.1 Å². The van der Waals surface area contributed by atoms with E-state index in [-0.39, 0.29) is 29.4 Å². The molecule has 4 rings (SSSR count). The smallest absolute Gasteiger partial charge is 0.231 e. The van der Waals surface area contributed by atoms with Crippen molar-refractivity contribution in [3.05, 3.63) is 59.2 Å². The van der Waals surface area contributed by atoms with Crippen LogP contribution in [0.25, 0.3) is 0 Å². The van der Waals surface area contributed by atoms with Gasteiger partial charge in [0.15, 0.2) is 17.5 Å². The number of ether oxygens (including phenoxy) is 3. The highest BCUT2D eigenvalue weighted by molar-refractivity contribution is 14.0. The second-order valence-corrected chi connectivity index (χ2v) is 7.73. The summed E-state index contributed by atoms with van der Waals surface area (Å²) in [6.45, 7) is 5.43. The number of hydrogen-bond donors (Lipinski definition) is 2. The number of aryl methyl sites for hydroxylation is 1. The first kappa shape index (κ1) is 22.7. The summed E-state index contributed by atoms with van der Waals surface area (Å²) < 4.78 is 16.7. The molecule has 0 atom stereocenters. The zero-order valence-corrected chi connectivity index (χ0v) is 19.9. The molecule has 7 heteroatoms. The number of aliphatic imine (C=N–C) groups is 1. The van der Waals surface area contributed by atoms with E-state index in [0.717, 1.165) is 56.6 Å². The number of hydrogen-bond acceptors (Lipinski definition) is 4. The highest BCUT2D eigenvalue weighted by Gasteiger charge is 2.35. The van der Waals surface area contributed by atoms with E-state index >= 15 is 0 Å². The Labute approximate surface area is 195 Å². The minimum absolute atomic E-state index is 0. The van der Waals surface area contributed by atoms with E-state index in [9.17, 15) is 0 Å².